The van der Waals surface area contributed by atoms with Crippen molar-refractivity contribution in [2.45, 2.75) is 19.9 Å². The van der Waals surface area contributed by atoms with Crippen LogP contribution in [0.1, 0.15) is 18.2 Å². The minimum atomic E-state index is 0.775. The van der Waals surface area contributed by atoms with Crippen LogP contribution in [-0.2, 0) is 13.0 Å². The van der Waals surface area contributed by atoms with Crippen LogP contribution >= 0.6 is 0 Å². The van der Waals surface area contributed by atoms with Crippen molar-refractivity contribution in [2.24, 2.45) is 0 Å². The van der Waals surface area contributed by atoms with Gasteiger partial charge in [-0.2, -0.15) is 0 Å². The standard InChI is InChI=1S/C10H15N3/c1-2-13-4-3-10-8(7-13)5-9(11)6-12-10/h5-6H,2-4,7,11H2,1H3. The molecule has 1 aliphatic heterocycles. The number of nitrogen functional groups attached to an aromatic ring is 1. The summed E-state index contributed by atoms with van der Waals surface area (Å²) < 4.78 is 0. The van der Waals surface area contributed by atoms with Crippen LogP contribution in [0.4, 0.5) is 5.69 Å². The first-order valence-electron chi connectivity index (χ1n) is 4.75. The highest BCUT2D eigenvalue weighted by Crippen LogP contribution is 2.18. The van der Waals surface area contributed by atoms with Crippen LogP contribution in [0.5, 0.6) is 0 Å². The van der Waals surface area contributed by atoms with E-state index in [2.05, 4.69) is 16.8 Å². The number of anilines is 1. The monoisotopic (exact) mass is 177 g/mol. The van der Waals surface area contributed by atoms with E-state index in [9.17, 15) is 0 Å². The van der Waals surface area contributed by atoms with E-state index in [1.165, 1.54) is 11.3 Å². The Morgan fingerprint density at radius 2 is 2.46 bits per heavy atom. The van der Waals surface area contributed by atoms with Gasteiger partial charge in [-0.15, -0.1) is 0 Å². The Morgan fingerprint density at radius 1 is 1.62 bits per heavy atom. The number of fused-ring (bicyclic) bond motifs is 1. The summed E-state index contributed by atoms with van der Waals surface area (Å²) in [7, 11) is 0. The van der Waals surface area contributed by atoms with Gasteiger partial charge in [-0.05, 0) is 18.2 Å². The second-order valence-electron chi connectivity index (χ2n) is 3.49. The van der Waals surface area contributed by atoms with Crippen LogP contribution in [0, 0.1) is 0 Å². The summed E-state index contributed by atoms with van der Waals surface area (Å²) in [6.07, 6.45) is 2.81. The quantitative estimate of drug-likeness (QED) is 0.697. The molecule has 0 amide bonds. The van der Waals surface area contributed by atoms with Crippen molar-refractivity contribution in [1.29, 1.82) is 0 Å². The van der Waals surface area contributed by atoms with E-state index in [0.717, 1.165) is 31.7 Å². The second kappa shape index (κ2) is 3.34. The molecule has 0 atom stereocenters. The molecule has 3 nitrogen and oxygen atoms in total. The SMILES string of the molecule is CCN1CCc2ncc(N)cc2C1. The fourth-order valence-electron chi connectivity index (χ4n) is 1.77. The maximum atomic E-state index is 5.69. The first-order chi connectivity index (χ1) is 6.29. The van der Waals surface area contributed by atoms with Crippen LogP contribution < -0.4 is 5.73 Å². The van der Waals surface area contributed by atoms with E-state index in [1.807, 2.05) is 6.07 Å². The number of rotatable bonds is 1. The molecule has 0 fully saturated rings. The fourth-order valence-corrected chi connectivity index (χ4v) is 1.77. The molecule has 3 heteroatoms. The maximum Gasteiger partial charge on any atom is 0.0504 e. The zero-order chi connectivity index (χ0) is 9.26. The highest BCUT2D eigenvalue weighted by molar-refractivity contribution is 5.40. The lowest BCUT2D eigenvalue weighted by molar-refractivity contribution is 0.266. The Kier molecular flexibility index (Phi) is 2.19. The van der Waals surface area contributed by atoms with Gasteiger partial charge in [0, 0.05) is 25.2 Å². The number of pyridine rings is 1. The molecule has 70 valence electrons. The van der Waals surface area contributed by atoms with E-state index in [-0.39, 0.29) is 0 Å². The van der Waals surface area contributed by atoms with Crippen LogP contribution in [0.2, 0.25) is 0 Å². The minimum absolute atomic E-state index is 0.775. The van der Waals surface area contributed by atoms with E-state index < -0.39 is 0 Å². The lowest BCUT2D eigenvalue weighted by Gasteiger charge is -2.26. The van der Waals surface area contributed by atoms with Gasteiger partial charge in [0.15, 0.2) is 0 Å². The largest absolute Gasteiger partial charge is 0.397 e. The van der Waals surface area contributed by atoms with Crippen LogP contribution in [0.25, 0.3) is 0 Å². The number of aromatic nitrogens is 1. The normalized spacial score (nSPS) is 17.0. The molecule has 1 aliphatic rings. The van der Waals surface area contributed by atoms with Gasteiger partial charge < -0.3 is 5.73 Å². The van der Waals surface area contributed by atoms with Crippen molar-refractivity contribution >= 4 is 5.69 Å². The molecular weight excluding hydrogens is 162 g/mol. The Balaban J connectivity index is 2.27. The van der Waals surface area contributed by atoms with Crippen molar-refractivity contribution in [1.82, 2.24) is 9.88 Å². The zero-order valence-electron chi connectivity index (χ0n) is 7.95. The predicted octanol–water partition coefficient (Wildman–Crippen LogP) is 1.04. The summed E-state index contributed by atoms with van der Waals surface area (Å²) in [5.74, 6) is 0. The van der Waals surface area contributed by atoms with Crippen molar-refractivity contribution in [3.8, 4) is 0 Å². The van der Waals surface area contributed by atoms with Crippen molar-refractivity contribution in [3.63, 3.8) is 0 Å². The van der Waals surface area contributed by atoms with Gasteiger partial charge in [-0.1, -0.05) is 6.92 Å². The highest BCUT2D eigenvalue weighted by Gasteiger charge is 2.15. The Morgan fingerprint density at radius 3 is 3.23 bits per heavy atom. The molecule has 0 spiro atoms. The zero-order valence-corrected chi connectivity index (χ0v) is 7.95. The molecule has 1 aromatic heterocycles. The Labute approximate surface area is 78.6 Å². The molecule has 0 radical (unpaired) electrons. The van der Waals surface area contributed by atoms with Gasteiger partial charge >= 0.3 is 0 Å². The molecule has 0 bridgehead atoms. The summed E-state index contributed by atoms with van der Waals surface area (Å²) in [6, 6.07) is 2.05. The second-order valence-corrected chi connectivity index (χ2v) is 3.49. The first kappa shape index (κ1) is 8.51. The van der Waals surface area contributed by atoms with Crippen LogP contribution in [0.3, 0.4) is 0 Å². The van der Waals surface area contributed by atoms with Crippen molar-refractivity contribution in [2.75, 3.05) is 18.8 Å². The minimum Gasteiger partial charge on any atom is -0.397 e. The third-order valence-electron chi connectivity index (χ3n) is 2.59. The van der Waals surface area contributed by atoms with Gasteiger partial charge in [0.2, 0.25) is 0 Å². The number of hydrogen-bond donors (Lipinski definition) is 1. The van der Waals surface area contributed by atoms with Crippen LogP contribution in [0.15, 0.2) is 12.3 Å². The van der Waals surface area contributed by atoms with E-state index in [4.69, 9.17) is 5.73 Å². The molecular formula is C10H15N3. The molecule has 2 rings (SSSR count). The van der Waals surface area contributed by atoms with Gasteiger partial charge in [-0.3, -0.25) is 9.88 Å². The Bertz CT molecular complexity index is 309. The molecule has 0 saturated heterocycles. The molecule has 0 aromatic carbocycles. The summed E-state index contributed by atoms with van der Waals surface area (Å²) >= 11 is 0. The third-order valence-corrected chi connectivity index (χ3v) is 2.59. The number of nitrogens with zero attached hydrogens (tertiary/aromatic N) is 2. The summed E-state index contributed by atoms with van der Waals surface area (Å²) in [5, 5.41) is 0. The molecule has 2 N–H and O–H groups in total. The number of nitrogens with two attached hydrogens (primary N) is 1. The highest BCUT2D eigenvalue weighted by atomic mass is 15.1. The summed E-state index contributed by atoms with van der Waals surface area (Å²) in [4.78, 5) is 6.74. The van der Waals surface area contributed by atoms with Crippen molar-refractivity contribution in [3.05, 3.63) is 23.5 Å². The topological polar surface area (TPSA) is 42.2 Å². The maximum absolute atomic E-state index is 5.69. The van der Waals surface area contributed by atoms with E-state index in [0.29, 0.717) is 0 Å². The molecule has 0 aliphatic carbocycles. The first-order valence-corrected chi connectivity index (χ1v) is 4.75. The average molecular weight is 177 g/mol. The molecule has 1 aromatic rings. The summed E-state index contributed by atoms with van der Waals surface area (Å²) in [5.41, 5.74) is 8.98. The van der Waals surface area contributed by atoms with Gasteiger partial charge in [0.25, 0.3) is 0 Å². The molecule has 0 saturated carbocycles. The lowest BCUT2D eigenvalue weighted by atomic mass is 10.1. The van der Waals surface area contributed by atoms with Gasteiger partial charge in [0.1, 0.15) is 0 Å². The number of hydrogen-bond acceptors (Lipinski definition) is 3. The Hall–Kier alpha value is -1.09. The molecule has 13 heavy (non-hydrogen) atoms. The van der Waals surface area contributed by atoms with Gasteiger partial charge in [-0.25, -0.2) is 0 Å². The predicted molar refractivity (Wildman–Crippen MR) is 53.3 cm³/mol. The van der Waals surface area contributed by atoms with Crippen molar-refractivity contribution < 1.29 is 0 Å². The lowest BCUT2D eigenvalue weighted by Crippen LogP contribution is -2.30. The van der Waals surface area contributed by atoms with Gasteiger partial charge in [0.05, 0.1) is 11.9 Å². The number of likely N-dealkylation sites (N-methyl/N-ethyl adjacent to an activating group) is 1. The molecule has 2 heterocycles. The smallest absolute Gasteiger partial charge is 0.0504 e. The van der Waals surface area contributed by atoms with E-state index >= 15 is 0 Å². The fraction of sp³-hybridized carbons (Fsp3) is 0.500. The van der Waals surface area contributed by atoms with Crippen LogP contribution in [-0.4, -0.2) is 23.0 Å². The molecule has 0 unspecified atom stereocenters. The van der Waals surface area contributed by atoms with E-state index in [1.54, 1.807) is 6.20 Å². The third kappa shape index (κ3) is 1.65. The average Bonchev–Trinajstić information content (AvgIpc) is 2.16. The summed E-state index contributed by atoms with van der Waals surface area (Å²) in [6.45, 7) is 5.42.